The third kappa shape index (κ3) is 4.77. The number of carbonyl (C=O) groups excluding carboxylic acids is 1. The van der Waals surface area contributed by atoms with E-state index >= 15 is 0 Å². The van der Waals surface area contributed by atoms with Gasteiger partial charge in [0.2, 0.25) is 15.9 Å². The molecule has 1 aromatic rings. The van der Waals surface area contributed by atoms with Gasteiger partial charge in [-0.3, -0.25) is 9.59 Å². The van der Waals surface area contributed by atoms with Crippen LogP contribution < -0.4 is 4.72 Å². The van der Waals surface area contributed by atoms with Crippen LogP contribution in [0.15, 0.2) is 35.2 Å². The van der Waals surface area contributed by atoms with E-state index in [1.165, 1.54) is 17.0 Å². The van der Waals surface area contributed by atoms with Gasteiger partial charge < -0.3 is 10.0 Å². The highest BCUT2D eigenvalue weighted by molar-refractivity contribution is 7.89. The van der Waals surface area contributed by atoms with Gasteiger partial charge in [-0.2, -0.15) is 0 Å². The van der Waals surface area contributed by atoms with Crippen LogP contribution in [0.1, 0.15) is 19.3 Å². The van der Waals surface area contributed by atoms with Gasteiger partial charge in [-0.25, -0.2) is 13.1 Å². The minimum Gasteiger partial charge on any atom is -0.481 e. The number of carboxylic acid groups (broad SMARTS) is 1. The fourth-order valence-corrected chi connectivity index (χ4v) is 3.59. The monoisotopic (exact) mass is 340 g/mol. The Kier molecular flexibility index (Phi) is 5.73. The standard InChI is InChI=1S/C15H20N2O5S/c18-14(17-10-4-5-12(11-17)15(19)20)8-9-16-23(21,22)13-6-2-1-3-7-13/h1-3,6-7,12,16H,4-5,8-11H2,(H,19,20). The van der Waals surface area contributed by atoms with Crippen molar-refractivity contribution in [1.29, 1.82) is 0 Å². The summed E-state index contributed by atoms with van der Waals surface area (Å²) in [6, 6.07) is 7.93. The van der Waals surface area contributed by atoms with Crippen LogP contribution in [-0.4, -0.2) is 49.9 Å². The molecule has 1 aliphatic heterocycles. The third-order valence-corrected chi connectivity index (χ3v) is 5.28. The lowest BCUT2D eigenvalue weighted by atomic mass is 9.98. The first-order chi connectivity index (χ1) is 10.9. The highest BCUT2D eigenvalue weighted by Crippen LogP contribution is 2.17. The first kappa shape index (κ1) is 17.4. The van der Waals surface area contributed by atoms with E-state index in [2.05, 4.69) is 4.72 Å². The smallest absolute Gasteiger partial charge is 0.308 e. The number of nitrogens with one attached hydrogen (secondary N) is 1. The van der Waals surface area contributed by atoms with Gasteiger partial charge >= 0.3 is 5.97 Å². The summed E-state index contributed by atoms with van der Waals surface area (Å²) >= 11 is 0. The summed E-state index contributed by atoms with van der Waals surface area (Å²) in [5.41, 5.74) is 0. The van der Waals surface area contributed by atoms with Gasteiger partial charge in [-0.15, -0.1) is 0 Å². The summed E-state index contributed by atoms with van der Waals surface area (Å²) in [6.07, 6.45) is 1.23. The van der Waals surface area contributed by atoms with E-state index in [0.717, 1.165) is 0 Å². The van der Waals surface area contributed by atoms with Crippen molar-refractivity contribution in [3.05, 3.63) is 30.3 Å². The number of sulfonamides is 1. The summed E-state index contributed by atoms with van der Waals surface area (Å²) in [4.78, 5) is 24.7. The Morgan fingerprint density at radius 3 is 2.61 bits per heavy atom. The van der Waals surface area contributed by atoms with E-state index in [0.29, 0.717) is 19.4 Å². The molecule has 2 rings (SSSR count). The molecule has 0 saturated carbocycles. The van der Waals surface area contributed by atoms with E-state index in [-0.39, 0.29) is 30.3 Å². The quantitative estimate of drug-likeness (QED) is 0.792. The van der Waals surface area contributed by atoms with Crippen LogP contribution >= 0.6 is 0 Å². The van der Waals surface area contributed by atoms with Crippen molar-refractivity contribution in [1.82, 2.24) is 9.62 Å². The molecular weight excluding hydrogens is 320 g/mol. The third-order valence-electron chi connectivity index (χ3n) is 3.81. The van der Waals surface area contributed by atoms with Gasteiger partial charge in [-0.05, 0) is 25.0 Å². The first-order valence-electron chi connectivity index (χ1n) is 7.45. The molecule has 1 heterocycles. The molecular formula is C15H20N2O5S. The lowest BCUT2D eigenvalue weighted by molar-refractivity contribution is -0.145. The normalized spacial score (nSPS) is 18.6. The predicted octanol–water partition coefficient (Wildman–Crippen LogP) is 0.678. The minimum atomic E-state index is -3.63. The van der Waals surface area contributed by atoms with Crippen molar-refractivity contribution in [2.24, 2.45) is 5.92 Å². The number of carboxylic acids is 1. The molecule has 1 saturated heterocycles. The van der Waals surface area contributed by atoms with Gasteiger partial charge in [0, 0.05) is 26.1 Å². The fourth-order valence-electron chi connectivity index (χ4n) is 2.54. The SMILES string of the molecule is O=C(O)C1CCCN(C(=O)CCNS(=O)(=O)c2ccccc2)C1. The van der Waals surface area contributed by atoms with Gasteiger partial charge in [0.1, 0.15) is 0 Å². The van der Waals surface area contributed by atoms with Crippen LogP contribution in [0.25, 0.3) is 0 Å². The number of carbonyl (C=O) groups is 2. The number of likely N-dealkylation sites (tertiary alicyclic amines) is 1. The maximum atomic E-state index is 12.1. The van der Waals surface area contributed by atoms with Crippen molar-refractivity contribution < 1.29 is 23.1 Å². The number of piperidine rings is 1. The van der Waals surface area contributed by atoms with Gasteiger partial charge in [0.05, 0.1) is 10.8 Å². The Morgan fingerprint density at radius 1 is 1.26 bits per heavy atom. The minimum absolute atomic E-state index is 0.00962. The number of aliphatic carboxylic acids is 1. The van der Waals surface area contributed by atoms with Gasteiger partial charge in [-0.1, -0.05) is 18.2 Å². The molecule has 1 fully saturated rings. The first-order valence-corrected chi connectivity index (χ1v) is 8.94. The van der Waals surface area contributed by atoms with E-state index in [4.69, 9.17) is 5.11 Å². The molecule has 8 heteroatoms. The molecule has 0 aromatic heterocycles. The number of benzene rings is 1. The van der Waals surface area contributed by atoms with Crippen LogP contribution in [0.4, 0.5) is 0 Å². The number of nitrogens with zero attached hydrogens (tertiary/aromatic N) is 1. The molecule has 1 amide bonds. The summed E-state index contributed by atoms with van der Waals surface area (Å²) in [6.45, 7) is 0.706. The van der Waals surface area contributed by atoms with E-state index in [9.17, 15) is 18.0 Å². The van der Waals surface area contributed by atoms with Crippen molar-refractivity contribution in [3.8, 4) is 0 Å². The molecule has 126 valence electrons. The molecule has 7 nitrogen and oxygen atoms in total. The van der Waals surface area contributed by atoms with Gasteiger partial charge in [0.15, 0.2) is 0 Å². The Morgan fingerprint density at radius 2 is 1.96 bits per heavy atom. The number of amides is 1. The molecule has 0 aliphatic carbocycles. The Labute approximate surface area is 135 Å². The number of hydrogen-bond donors (Lipinski definition) is 2. The zero-order chi connectivity index (χ0) is 16.9. The van der Waals surface area contributed by atoms with Crippen molar-refractivity contribution in [3.63, 3.8) is 0 Å². The topological polar surface area (TPSA) is 104 Å². The van der Waals surface area contributed by atoms with Crippen LogP contribution in [0.3, 0.4) is 0 Å². The lowest BCUT2D eigenvalue weighted by Gasteiger charge is -2.30. The summed E-state index contributed by atoms with van der Waals surface area (Å²) in [5.74, 6) is -1.66. The van der Waals surface area contributed by atoms with Crippen molar-refractivity contribution >= 4 is 21.9 Å². The Bertz CT molecular complexity index is 660. The van der Waals surface area contributed by atoms with Gasteiger partial charge in [0.25, 0.3) is 0 Å². The summed E-state index contributed by atoms with van der Waals surface area (Å²) in [5, 5.41) is 9.02. The second-order valence-corrected chi connectivity index (χ2v) is 7.24. The lowest BCUT2D eigenvalue weighted by Crippen LogP contribution is -2.43. The summed E-state index contributed by atoms with van der Waals surface area (Å²) < 4.78 is 26.4. The molecule has 2 N–H and O–H groups in total. The molecule has 1 aromatic carbocycles. The predicted molar refractivity (Wildman–Crippen MR) is 83.2 cm³/mol. The zero-order valence-corrected chi connectivity index (χ0v) is 13.5. The maximum absolute atomic E-state index is 12.1. The fraction of sp³-hybridized carbons (Fsp3) is 0.467. The highest BCUT2D eigenvalue weighted by atomic mass is 32.2. The molecule has 0 spiro atoms. The van der Waals surface area contributed by atoms with E-state index < -0.39 is 21.9 Å². The Balaban J connectivity index is 1.84. The highest BCUT2D eigenvalue weighted by Gasteiger charge is 2.28. The zero-order valence-electron chi connectivity index (χ0n) is 12.6. The molecule has 0 radical (unpaired) electrons. The van der Waals surface area contributed by atoms with E-state index in [1.54, 1.807) is 18.2 Å². The largest absolute Gasteiger partial charge is 0.481 e. The second kappa shape index (κ2) is 7.56. The van der Waals surface area contributed by atoms with Crippen LogP contribution in [-0.2, 0) is 19.6 Å². The maximum Gasteiger partial charge on any atom is 0.308 e. The van der Waals surface area contributed by atoms with Crippen LogP contribution in [0, 0.1) is 5.92 Å². The number of hydrogen-bond acceptors (Lipinski definition) is 4. The van der Waals surface area contributed by atoms with E-state index in [1.807, 2.05) is 0 Å². The average Bonchev–Trinajstić information content (AvgIpc) is 2.55. The molecule has 1 atom stereocenters. The number of rotatable bonds is 6. The van der Waals surface area contributed by atoms with Crippen molar-refractivity contribution in [2.75, 3.05) is 19.6 Å². The summed E-state index contributed by atoms with van der Waals surface area (Å²) in [7, 11) is -3.63. The van der Waals surface area contributed by atoms with Crippen molar-refractivity contribution in [2.45, 2.75) is 24.2 Å². The second-order valence-electron chi connectivity index (χ2n) is 5.48. The molecule has 23 heavy (non-hydrogen) atoms. The Hall–Kier alpha value is -1.93. The van der Waals surface area contributed by atoms with Crippen LogP contribution in [0.2, 0.25) is 0 Å². The molecule has 0 bridgehead atoms. The molecule has 1 aliphatic rings. The van der Waals surface area contributed by atoms with Crippen LogP contribution in [0.5, 0.6) is 0 Å². The molecule has 1 unspecified atom stereocenters. The average molecular weight is 340 g/mol.